The van der Waals surface area contributed by atoms with Crippen LogP contribution in [0.15, 0.2) is 30.3 Å². The van der Waals surface area contributed by atoms with Gasteiger partial charge in [-0.3, -0.25) is 9.59 Å². The maximum atomic E-state index is 11.8. The van der Waals surface area contributed by atoms with Gasteiger partial charge in [0.15, 0.2) is 6.10 Å². The summed E-state index contributed by atoms with van der Waals surface area (Å²) in [5, 5.41) is 2.70. The normalized spacial score (nSPS) is 23.0. The lowest BCUT2D eigenvalue weighted by Crippen LogP contribution is -2.30. The molecule has 18 heavy (non-hydrogen) atoms. The predicted octanol–water partition coefficient (Wildman–Crippen LogP) is 2.21. The van der Waals surface area contributed by atoms with Crippen LogP contribution in [-0.4, -0.2) is 18.0 Å². The van der Waals surface area contributed by atoms with Gasteiger partial charge in [-0.25, -0.2) is 0 Å². The number of ether oxygens (including phenoxy) is 1. The number of amides is 1. The molecule has 1 amide bonds. The summed E-state index contributed by atoms with van der Waals surface area (Å²) in [6.07, 6.45) is 0.108. The van der Waals surface area contributed by atoms with Crippen LogP contribution in [0.2, 0.25) is 0 Å². The number of carbonyl (C=O) groups is 2. The number of hydrogen-bond donors (Lipinski definition) is 1. The molecule has 1 N–H and O–H groups in total. The van der Waals surface area contributed by atoms with Crippen molar-refractivity contribution in [3.05, 3.63) is 30.3 Å². The smallest absolute Gasteiger partial charge is 0.309 e. The zero-order valence-electron chi connectivity index (χ0n) is 10.6. The summed E-state index contributed by atoms with van der Waals surface area (Å²) < 4.78 is 5.13. The van der Waals surface area contributed by atoms with Crippen LogP contribution in [0.3, 0.4) is 0 Å². The quantitative estimate of drug-likeness (QED) is 0.830. The van der Waals surface area contributed by atoms with E-state index in [2.05, 4.69) is 5.32 Å². The van der Waals surface area contributed by atoms with E-state index in [4.69, 9.17) is 4.74 Å². The topological polar surface area (TPSA) is 55.4 Å². The Bertz CT molecular complexity index is 444. The molecule has 96 valence electrons. The monoisotopic (exact) mass is 247 g/mol. The van der Waals surface area contributed by atoms with Gasteiger partial charge < -0.3 is 10.1 Å². The highest BCUT2D eigenvalue weighted by Gasteiger charge is 2.41. The molecule has 1 aromatic carbocycles. The number of rotatable bonds is 4. The molecule has 1 aliphatic rings. The van der Waals surface area contributed by atoms with Gasteiger partial charge in [0.2, 0.25) is 0 Å². The lowest BCUT2D eigenvalue weighted by Gasteiger charge is -2.13. The maximum Gasteiger partial charge on any atom is 0.309 e. The molecule has 2 rings (SSSR count). The van der Waals surface area contributed by atoms with Gasteiger partial charge in [0.25, 0.3) is 5.91 Å². The van der Waals surface area contributed by atoms with E-state index >= 15 is 0 Å². The number of carbonyl (C=O) groups excluding carboxylic acids is 2. The van der Waals surface area contributed by atoms with Gasteiger partial charge in [-0.2, -0.15) is 0 Å². The molecular weight excluding hydrogens is 230 g/mol. The van der Waals surface area contributed by atoms with Gasteiger partial charge in [0.1, 0.15) is 0 Å². The fraction of sp³-hybridized carbons (Fsp3) is 0.429. The molecule has 0 saturated heterocycles. The summed E-state index contributed by atoms with van der Waals surface area (Å²) in [6, 6.07) is 9.11. The van der Waals surface area contributed by atoms with Crippen LogP contribution in [0, 0.1) is 11.8 Å². The second-order valence-corrected chi connectivity index (χ2v) is 4.75. The molecule has 1 saturated carbocycles. The van der Waals surface area contributed by atoms with Crippen LogP contribution in [0.4, 0.5) is 5.69 Å². The van der Waals surface area contributed by atoms with E-state index in [9.17, 15) is 9.59 Å². The average molecular weight is 247 g/mol. The number of esters is 1. The summed E-state index contributed by atoms with van der Waals surface area (Å²) in [5.41, 5.74) is 0.699. The molecule has 0 spiro atoms. The van der Waals surface area contributed by atoms with Crippen LogP contribution in [-0.2, 0) is 14.3 Å². The molecule has 4 heteroatoms. The van der Waals surface area contributed by atoms with Gasteiger partial charge in [-0.05, 0) is 31.4 Å². The highest BCUT2D eigenvalue weighted by Crippen LogP contribution is 2.38. The molecule has 0 radical (unpaired) electrons. The molecule has 0 aromatic heterocycles. The maximum absolute atomic E-state index is 11.8. The molecule has 0 aliphatic heterocycles. The Labute approximate surface area is 106 Å². The highest BCUT2D eigenvalue weighted by molar-refractivity contribution is 5.95. The van der Waals surface area contributed by atoms with Gasteiger partial charge in [-0.1, -0.05) is 25.1 Å². The molecular formula is C14H17NO3. The van der Waals surface area contributed by atoms with Gasteiger partial charge >= 0.3 is 5.97 Å². The van der Waals surface area contributed by atoms with E-state index in [1.165, 1.54) is 0 Å². The number of anilines is 1. The van der Waals surface area contributed by atoms with E-state index in [-0.39, 0.29) is 17.8 Å². The van der Waals surface area contributed by atoms with Crippen LogP contribution in [0.5, 0.6) is 0 Å². The standard InChI is InChI=1S/C14H17NO3/c1-9-8-12(9)14(17)18-10(2)13(16)15-11-6-4-3-5-7-11/h3-7,9-10,12H,8H2,1-2H3,(H,15,16)/t9-,10+,12-/m1/s1. The van der Waals surface area contributed by atoms with E-state index in [1.807, 2.05) is 25.1 Å². The van der Waals surface area contributed by atoms with Crippen LogP contribution in [0.25, 0.3) is 0 Å². The molecule has 0 bridgehead atoms. The van der Waals surface area contributed by atoms with Crippen molar-refractivity contribution >= 4 is 17.6 Å². The molecule has 4 nitrogen and oxygen atoms in total. The molecule has 1 aliphatic carbocycles. The lowest BCUT2D eigenvalue weighted by molar-refractivity contribution is -0.154. The Kier molecular flexibility index (Phi) is 3.65. The highest BCUT2D eigenvalue weighted by atomic mass is 16.5. The molecule has 1 fully saturated rings. The third-order valence-electron chi connectivity index (χ3n) is 3.12. The van der Waals surface area contributed by atoms with Crippen molar-refractivity contribution in [2.45, 2.75) is 26.4 Å². The number of para-hydroxylation sites is 1. The summed E-state index contributed by atoms with van der Waals surface area (Å²) in [7, 11) is 0. The fourth-order valence-corrected chi connectivity index (χ4v) is 1.73. The minimum Gasteiger partial charge on any atom is -0.452 e. The van der Waals surface area contributed by atoms with Crippen molar-refractivity contribution < 1.29 is 14.3 Å². The lowest BCUT2D eigenvalue weighted by atomic mass is 10.3. The zero-order valence-corrected chi connectivity index (χ0v) is 10.6. The Morgan fingerprint density at radius 3 is 2.50 bits per heavy atom. The van der Waals surface area contributed by atoms with Crippen LogP contribution in [0.1, 0.15) is 20.3 Å². The second-order valence-electron chi connectivity index (χ2n) is 4.75. The first-order valence-electron chi connectivity index (χ1n) is 6.14. The number of hydrogen-bond acceptors (Lipinski definition) is 3. The van der Waals surface area contributed by atoms with E-state index < -0.39 is 6.10 Å². The van der Waals surface area contributed by atoms with E-state index in [0.717, 1.165) is 6.42 Å². The van der Waals surface area contributed by atoms with E-state index in [0.29, 0.717) is 11.6 Å². The Balaban J connectivity index is 1.83. The van der Waals surface area contributed by atoms with E-state index in [1.54, 1.807) is 19.1 Å². The number of benzene rings is 1. The van der Waals surface area contributed by atoms with Crippen molar-refractivity contribution in [2.24, 2.45) is 11.8 Å². The summed E-state index contributed by atoms with van der Waals surface area (Å²) >= 11 is 0. The number of nitrogens with one attached hydrogen (secondary N) is 1. The average Bonchev–Trinajstić information content (AvgIpc) is 3.07. The first kappa shape index (κ1) is 12.6. The summed E-state index contributed by atoms with van der Waals surface area (Å²) in [4.78, 5) is 23.4. The fourth-order valence-electron chi connectivity index (χ4n) is 1.73. The largest absolute Gasteiger partial charge is 0.452 e. The van der Waals surface area contributed by atoms with Crippen molar-refractivity contribution in [1.29, 1.82) is 0 Å². The van der Waals surface area contributed by atoms with Crippen molar-refractivity contribution in [1.82, 2.24) is 0 Å². The summed E-state index contributed by atoms with van der Waals surface area (Å²) in [5.74, 6) is -0.195. The van der Waals surface area contributed by atoms with Crippen LogP contribution < -0.4 is 5.32 Å². The van der Waals surface area contributed by atoms with Gasteiger partial charge in [0, 0.05) is 5.69 Å². The molecule has 0 heterocycles. The summed E-state index contributed by atoms with van der Waals surface area (Å²) in [6.45, 7) is 3.59. The third kappa shape index (κ3) is 3.09. The predicted molar refractivity (Wildman–Crippen MR) is 67.9 cm³/mol. The minimum absolute atomic E-state index is 0.0167. The first-order valence-corrected chi connectivity index (χ1v) is 6.14. The molecule has 0 unspecified atom stereocenters. The van der Waals surface area contributed by atoms with Gasteiger partial charge in [0.05, 0.1) is 5.92 Å². The SMILES string of the molecule is C[C@H](OC(=O)[C@@H]1C[C@H]1C)C(=O)Nc1ccccc1. The zero-order chi connectivity index (χ0) is 13.1. The third-order valence-corrected chi connectivity index (χ3v) is 3.12. The van der Waals surface area contributed by atoms with Gasteiger partial charge in [-0.15, -0.1) is 0 Å². The molecule has 1 aromatic rings. The minimum atomic E-state index is -0.759. The van der Waals surface area contributed by atoms with Crippen LogP contribution >= 0.6 is 0 Å². The second kappa shape index (κ2) is 5.21. The Morgan fingerprint density at radius 2 is 1.94 bits per heavy atom. The Hall–Kier alpha value is -1.84. The van der Waals surface area contributed by atoms with Crippen molar-refractivity contribution in [3.8, 4) is 0 Å². The van der Waals surface area contributed by atoms with Crippen molar-refractivity contribution in [3.63, 3.8) is 0 Å². The molecule has 3 atom stereocenters. The van der Waals surface area contributed by atoms with Crippen molar-refractivity contribution in [2.75, 3.05) is 5.32 Å². The first-order chi connectivity index (χ1) is 8.58. The Morgan fingerprint density at radius 1 is 1.33 bits per heavy atom.